The lowest BCUT2D eigenvalue weighted by Crippen LogP contribution is -2.60. The van der Waals surface area contributed by atoms with Gasteiger partial charge in [-0.05, 0) is 29.8 Å². The Morgan fingerprint density at radius 1 is 1.00 bits per heavy atom. The highest BCUT2D eigenvalue weighted by atomic mass is 35.5. The number of benzene rings is 2. The van der Waals surface area contributed by atoms with Crippen LogP contribution in [0.4, 0.5) is 0 Å². The molecule has 0 amide bonds. The smallest absolute Gasteiger partial charge is 0.229 e. The second kappa shape index (κ2) is 8.35. The minimum absolute atomic E-state index is 0.203. The SMILES string of the molecule is O=c1c(-c2ccc(Cl)cc2)coc2cc(O[C@H]3O[C@@H](CO)[C@@H](O)[C@@H](O)[C@H]3O)ccc12. The summed E-state index contributed by atoms with van der Waals surface area (Å²) in [7, 11) is 0. The Morgan fingerprint density at radius 3 is 2.43 bits per heavy atom. The summed E-state index contributed by atoms with van der Waals surface area (Å²) in [5.74, 6) is 0.203. The number of aliphatic hydroxyl groups excluding tert-OH is 4. The summed E-state index contributed by atoms with van der Waals surface area (Å²) in [6.45, 7) is -0.565. The van der Waals surface area contributed by atoms with E-state index in [9.17, 15) is 25.2 Å². The minimum Gasteiger partial charge on any atom is -0.463 e. The lowest BCUT2D eigenvalue weighted by molar-refractivity contribution is -0.277. The second-order valence-electron chi connectivity index (χ2n) is 6.96. The Balaban J connectivity index is 1.62. The maximum absolute atomic E-state index is 12.8. The highest BCUT2D eigenvalue weighted by Crippen LogP contribution is 2.27. The first-order valence-electron chi connectivity index (χ1n) is 9.17. The molecule has 9 heteroatoms. The summed E-state index contributed by atoms with van der Waals surface area (Å²) >= 11 is 5.89. The molecule has 1 aliphatic rings. The molecule has 1 aliphatic heterocycles. The van der Waals surface area contributed by atoms with Gasteiger partial charge in [-0.3, -0.25) is 4.79 Å². The van der Waals surface area contributed by atoms with Crippen LogP contribution in [0.3, 0.4) is 0 Å². The van der Waals surface area contributed by atoms with E-state index in [0.29, 0.717) is 21.5 Å². The molecule has 1 fully saturated rings. The van der Waals surface area contributed by atoms with Crippen molar-refractivity contribution in [1.82, 2.24) is 0 Å². The van der Waals surface area contributed by atoms with Gasteiger partial charge in [0.15, 0.2) is 5.43 Å². The van der Waals surface area contributed by atoms with Crippen molar-refractivity contribution in [1.29, 1.82) is 0 Å². The molecule has 30 heavy (non-hydrogen) atoms. The first-order valence-corrected chi connectivity index (χ1v) is 9.55. The van der Waals surface area contributed by atoms with E-state index in [-0.39, 0.29) is 16.8 Å². The maximum atomic E-state index is 12.8. The van der Waals surface area contributed by atoms with Crippen LogP contribution >= 0.6 is 11.6 Å². The van der Waals surface area contributed by atoms with E-state index in [2.05, 4.69) is 0 Å². The van der Waals surface area contributed by atoms with Gasteiger partial charge in [0.25, 0.3) is 0 Å². The van der Waals surface area contributed by atoms with Crippen molar-refractivity contribution in [2.24, 2.45) is 0 Å². The molecule has 1 aromatic heterocycles. The summed E-state index contributed by atoms with van der Waals surface area (Å²) in [5.41, 5.74) is 1.05. The van der Waals surface area contributed by atoms with Gasteiger partial charge in [-0.2, -0.15) is 0 Å². The summed E-state index contributed by atoms with van der Waals surface area (Å²) in [6, 6.07) is 11.3. The van der Waals surface area contributed by atoms with Crippen LogP contribution in [0.25, 0.3) is 22.1 Å². The topological polar surface area (TPSA) is 130 Å². The average Bonchev–Trinajstić information content (AvgIpc) is 2.75. The first kappa shape index (κ1) is 20.8. The van der Waals surface area contributed by atoms with Crippen LogP contribution in [-0.4, -0.2) is 57.7 Å². The zero-order valence-electron chi connectivity index (χ0n) is 15.5. The molecule has 0 bridgehead atoms. The molecular weight excluding hydrogens is 416 g/mol. The van der Waals surface area contributed by atoms with Gasteiger partial charge in [-0.15, -0.1) is 0 Å². The summed E-state index contributed by atoms with van der Waals surface area (Å²) in [5, 5.41) is 40.0. The van der Waals surface area contributed by atoms with E-state index in [1.165, 1.54) is 24.5 Å². The van der Waals surface area contributed by atoms with Crippen molar-refractivity contribution >= 4 is 22.6 Å². The minimum atomic E-state index is -1.55. The number of hydrogen-bond donors (Lipinski definition) is 4. The van der Waals surface area contributed by atoms with E-state index >= 15 is 0 Å². The number of aliphatic hydroxyl groups is 4. The van der Waals surface area contributed by atoms with E-state index < -0.39 is 37.3 Å². The summed E-state index contributed by atoms with van der Waals surface area (Å²) < 4.78 is 16.5. The third-order valence-corrected chi connectivity index (χ3v) is 5.25. The Morgan fingerprint density at radius 2 is 1.73 bits per heavy atom. The van der Waals surface area contributed by atoms with Crippen molar-refractivity contribution in [3.05, 3.63) is 64.0 Å². The molecule has 4 N–H and O–H groups in total. The quantitative estimate of drug-likeness (QED) is 0.483. The summed E-state index contributed by atoms with van der Waals surface area (Å²) in [4.78, 5) is 12.8. The van der Waals surface area contributed by atoms with E-state index in [4.69, 9.17) is 25.5 Å². The number of rotatable bonds is 4. The largest absolute Gasteiger partial charge is 0.463 e. The van der Waals surface area contributed by atoms with Gasteiger partial charge in [0, 0.05) is 11.1 Å². The highest BCUT2D eigenvalue weighted by molar-refractivity contribution is 6.30. The van der Waals surface area contributed by atoms with Crippen LogP contribution < -0.4 is 10.2 Å². The van der Waals surface area contributed by atoms with Crippen molar-refractivity contribution in [3.63, 3.8) is 0 Å². The number of ether oxygens (including phenoxy) is 2. The molecule has 5 atom stereocenters. The Hall–Kier alpha value is -2.46. The molecule has 4 rings (SSSR count). The Kier molecular flexibility index (Phi) is 5.79. The molecule has 0 spiro atoms. The molecule has 2 aromatic carbocycles. The van der Waals surface area contributed by atoms with E-state index in [1.54, 1.807) is 24.3 Å². The predicted molar refractivity (Wildman–Crippen MR) is 107 cm³/mol. The van der Waals surface area contributed by atoms with Gasteiger partial charge in [0.2, 0.25) is 6.29 Å². The monoisotopic (exact) mass is 434 g/mol. The fraction of sp³-hybridized carbons (Fsp3) is 0.286. The van der Waals surface area contributed by atoms with Crippen LogP contribution in [0, 0.1) is 0 Å². The van der Waals surface area contributed by atoms with Crippen LogP contribution in [0.2, 0.25) is 5.02 Å². The lowest BCUT2D eigenvalue weighted by Gasteiger charge is -2.39. The molecule has 0 unspecified atom stereocenters. The molecule has 3 aromatic rings. The van der Waals surface area contributed by atoms with Gasteiger partial charge in [-0.25, -0.2) is 0 Å². The Labute approximate surface area is 175 Å². The lowest BCUT2D eigenvalue weighted by atomic mass is 9.99. The Bertz CT molecular complexity index is 1090. The first-order chi connectivity index (χ1) is 14.4. The van der Waals surface area contributed by atoms with Gasteiger partial charge in [0.05, 0.1) is 17.6 Å². The van der Waals surface area contributed by atoms with Crippen LogP contribution in [0.5, 0.6) is 5.75 Å². The zero-order chi connectivity index (χ0) is 21.4. The predicted octanol–water partition coefficient (Wildman–Crippen LogP) is 1.29. The van der Waals surface area contributed by atoms with Crippen molar-refractivity contribution in [3.8, 4) is 16.9 Å². The van der Waals surface area contributed by atoms with Gasteiger partial charge in [-0.1, -0.05) is 23.7 Å². The molecule has 0 aliphatic carbocycles. The molecular formula is C21H19ClO8. The molecule has 8 nitrogen and oxygen atoms in total. The van der Waals surface area contributed by atoms with Crippen molar-refractivity contribution in [2.75, 3.05) is 6.61 Å². The number of fused-ring (bicyclic) bond motifs is 1. The van der Waals surface area contributed by atoms with E-state index in [1.807, 2.05) is 0 Å². The molecule has 2 heterocycles. The fourth-order valence-corrected chi connectivity index (χ4v) is 3.44. The molecule has 158 valence electrons. The van der Waals surface area contributed by atoms with Gasteiger partial charge >= 0.3 is 0 Å². The fourth-order valence-electron chi connectivity index (χ4n) is 3.31. The molecule has 0 radical (unpaired) electrons. The van der Waals surface area contributed by atoms with Gasteiger partial charge in [0.1, 0.15) is 42.0 Å². The molecule has 1 saturated heterocycles. The van der Waals surface area contributed by atoms with Crippen molar-refractivity contribution < 1.29 is 34.3 Å². The standard InChI is InChI=1S/C21H19ClO8/c22-11-3-1-10(2-4-11)14-9-28-15-7-12(5-6-13(15)17(14)24)29-21-20(27)19(26)18(25)16(8-23)30-21/h1-7,9,16,18-21,23,25-27H,8H2/t16-,18+,19+,20+,21-/m0/s1. The van der Waals surface area contributed by atoms with Crippen LogP contribution in [0.15, 0.2) is 57.9 Å². The second-order valence-corrected chi connectivity index (χ2v) is 7.39. The zero-order valence-corrected chi connectivity index (χ0v) is 16.3. The highest BCUT2D eigenvalue weighted by Gasteiger charge is 2.44. The third kappa shape index (κ3) is 3.81. The average molecular weight is 435 g/mol. The van der Waals surface area contributed by atoms with E-state index in [0.717, 1.165) is 0 Å². The number of halogens is 1. The maximum Gasteiger partial charge on any atom is 0.229 e. The van der Waals surface area contributed by atoms with Crippen molar-refractivity contribution in [2.45, 2.75) is 30.7 Å². The van der Waals surface area contributed by atoms with Crippen LogP contribution in [0.1, 0.15) is 0 Å². The normalized spacial score (nSPS) is 26.6. The summed E-state index contributed by atoms with van der Waals surface area (Å²) in [6.07, 6.45) is -5.66. The number of hydrogen-bond acceptors (Lipinski definition) is 8. The van der Waals surface area contributed by atoms with Crippen LogP contribution in [-0.2, 0) is 4.74 Å². The molecule has 0 saturated carbocycles. The van der Waals surface area contributed by atoms with Gasteiger partial charge < -0.3 is 34.3 Å². The third-order valence-electron chi connectivity index (χ3n) is 5.00.